The zero-order valence-electron chi connectivity index (χ0n) is 8.36. The number of hydrogen-bond acceptors (Lipinski definition) is 2. The minimum atomic E-state index is 0.539. The van der Waals surface area contributed by atoms with Gasteiger partial charge in [0.2, 0.25) is 11.5 Å². The van der Waals surface area contributed by atoms with Gasteiger partial charge in [0.05, 0.1) is 6.20 Å². The van der Waals surface area contributed by atoms with Gasteiger partial charge in [0, 0.05) is 11.6 Å². The molecule has 3 heterocycles. The number of aryl methyl sites for hydroxylation is 1. The molecule has 0 spiro atoms. The van der Waals surface area contributed by atoms with Crippen molar-refractivity contribution in [2.75, 3.05) is 5.73 Å². The van der Waals surface area contributed by atoms with Crippen LogP contribution in [0, 0.1) is 6.92 Å². The lowest BCUT2D eigenvalue weighted by Gasteiger charge is -1.90. The first-order chi connectivity index (χ1) is 7.25. The predicted molar refractivity (Wildman–Crippen MR) is 58.4 cm³/mol. The fraction of sp³-hybridized carbons (Fsp3) is 0.0909. The van der Waals surface area contributed by atoms with Gasteiger partial charge in [-0.2, -0.15) is 4.40 Å². The van der Waals surface area contributed by atoms with Gasteiger partial charge in [-0.3, -0.25) is 4.98 Å². The Hall–Kier alpha value is -2.10. The smallest absolute Gasteiger partial charge is 0.308 e. The standard InChI is InChI=1S/C11H10N4/c1-7-3-2-6-15-10(7)13-8-4-5-9(12)14-11(8)15/h2-6H,1H3,(H2,12,14)/p+1. The van der Waals surface area contributed by atoms with E-state index in [0.717, 1.165) is 16.8 Å². The van der Waals surface area contributed by atoms with Crippen molar-refractivity contribution in [3.8, 4) is 0 Å². The van der Waals surface area contributed by atoms with Crippen molar-refractivity contribution in [2.45, 2.75) is 6.92 Å². The molecule has 0 aliphatic heterocycles. The SMILES string of the molecule is Cc1ccc[n+]2c1[nH]c1ccc(N)nc12. The van der Waals surface area contributed by atoms with Crippen LogP contribution in [0.4, 0.5) is 5.82 Å². The highest BCUT2D eigenvalue weighted by atomic mass is 15.1. The fourth-order valence-corrected chi connectivity index (χ4v) is 1.82. The van der Waals surface area contributed by atoms with Crippen LogP contribution >= 0.6 is 0 Å². The number of hydrogen-bond donors (Lipinski definition) is 2. The third kappa shape index (κ3) is 1.08. The molecule has 0 aromatic carbocycles. The van der Waals surface area contributed by atoms with E-state index >= 15 is 0 Å². The summed E-state index contributed by atoms with van der Waals surface area (Å²) >= 11 is 0. The van der Waals surface area contributed by atoms with Gasteiger partial charge in [-0.15, -0.1) is 0 Å². The Morgan fingerprint density at radius 1 is 1.33 bits per heavy atom. The molecule has 3 aromatic rings. The van der Waals surface area contributed by atoms with E-state index in [9.17, 15) is 0 Å². The molecule has 0 radical (unpaired) electrons. The van der Waals surface area contributed by atoms with Crippen molar-refractivity contribution in [3.63, 3.8) is 0 Å². The Balaban J connectivity index is 2.58. The summed E-state index contributed by atoms with van der Waals surface area (Å²) in [6.45, 7) is 2.06. The van der Waals surface area contributed by atoms with Crippen molar-refractivity contribution in [1.82, 2.24) is 9.97 Å². The number of anilines is 1. The largest absolute Gasteiger partial charge is 0.370 e. The normalized spacial score (nSPS) is 11.3. The number of pyridine rings is 2. The third-order valence-electron chi connectivity index (χ3n) is 2.57. The van der Waals surface area contributed by atoms with Gasteiger partial charge in [-0.1, -0.05) is 4.98 Å². The Morgan fingerprint density at radius 2 is 2.20 bits per heavy atom. The van der Waals surface area contributed by atoms with Crippen LogP contribution in [-0.2, 0) is 0 Å². The van der Waals surface area contributed by atoms with E-state index in [1.807, 2.05) is 22.7 Å². The summed E-state index contributed by atoms with van der Waals surface area (Å²) in [5, 5.41) is 0. The van der Waals surface area contributed by atoms with Crippen molar-refractivity contribution < 1.29 is 4.40 Å². The van der Waals surface area contributed by atoms with E-state index in [-0.39, 0.29) is 0 Å². The van der Waals surface area contributed by atoms with Crippen LogP contribution in [0.1, 0.15) is 5.56 Å². The van der Waals surface area contributed by atoms with Crippen LogP contribution in [0.5, 0.6) is 0 Å². The van der Waals surface area contributed by atoms with Crippen LogP contribution in [0.2, 0.25) is 0 Å². The molecule has 15 heavy (non-hydrogen) atoms. The van der Waals surface area contributed by atoms with Gasteiger partial charge in [0.15, 0.2) is 5.52 Å². The fourth-order valence-electron chi connectivity index (χ4n) is 1.82. The van der Waals surface area contributed by atoms with Crippen LogP contribution < -0.4 is 10.1 Å². The molecule has 0 aliphatic carbocycles. The molecule has 4 heteroatoms. The number of nitrogens with one attached hydrogen (secondary N) is 1. The molecule has 0 unspecified atom stereocenters. The summed E-state index contributed by atoms with van der Waals surface area (Å²) in [7, 11) is 0. The zero-order valence-corrected chi connectivity index (χ0v) is 8.36. The molecule has 4 nitrogen and oxygen atoms in total. The summed E-state index contributed by atoms with van der Waals surface area (Å²) < 4.78 is 2.01. The Labute approximate surface area is 86.4 Å². The molecule has 0 amide bonds. The highest BCUT2D eigenvalue weighted by Crippen LogP contribution is 2.12. The highest BCUT2D eigenvalue weighted by molar-refractivity contribution is 5.72. The van der Waals surface area contributed by atoms with Gasteiger partial charge in [0.25, 0.3) is 0 Å². The second-order valence-corrected chi connectivity index (χ2v) is 3.64. The summed E-state index contributed by atoms with van der Waals surface area (Å²) in [6, 6.07) is 7.81. The third-order valence-corrected chi connectivity index (χ3v) is 2.57. The van der Waals surface area contributed by atoms with Gasteiger partial charge in [0.1, 0.15) is 0 Å². The van der Waals surface area contributed by atoms with Gasteiger partial charge in [-0.05, 0) is 25.1 Å². The van der Waals surface area contributed by atoms with Crippen LogP contribution in [0.3, 0.4) is 0 Å². The van der Waals surface area contributed by atoms with Gasteiger partial charge >= 0.3 is 5.65 Å². The molecule has 0 atom stereocenters. The quantitative estimate of drug-likeness (QED) is 0.534. The number of H-pyrrole nitrogens is 1. The molecular weight excluding hydrogens is 188 g/mol. The molecule has 0 saturated heterocycles. The number of nitrogens with zero attached hydrogens (tertiary/aromatic N) is 2. The first kappa shape index (κ1) is 8.23. The number of nitrogens with two attached hydrogens (primary N) is 1. The maximum absolute atomic E-state index is 5.67. The first-order valence-corrected chi connectivity index (χ1v) is 4.81. The number of imidazole rings is 1. The predicted octanol–water partition coefficient (Wildman–Crippen LogP) is 1.19. The molecule has 0 saturated carbocycles. The van der Waals surface area contributed by atoms with E-state index in [4.69, 9.17) is 5.73 Å². The Kier molecular flexibility index (Phi) is 1.48. The number of nitrogen functional groups attached to an aromatic ring is 1. The van der Waals surface area contributed by atoms with Crippen LogP contribution in [0.25, 0.3) is 16.8 Å². The minimum absolute atomic E-state index is 0.539. The van der Waals surface area contributed by atoms with E-state index in [2.05, 4.69) is 23.0 Å². The summed E-state index contributed by atoms with van der Waals surface area (Å²) in [5.41, 5.74) is 9.79. The van der Waals surface area contributed by atoms with Crippen molar-refractivity contribution >= 4 is 22.6 Å². The minimum Gasteiger partial charge on any atom is -0.370 e. The van der Waals surface area contributed by atoms with Crippen LogP contribution in [0.15, 0.2) is 30.5 Å². The van der Waals surface area contributed by atoms with Crippen molar-refractivity contribution in [1.29, 1.82) is 0 Å². The second-order valence-electron chi connectivity index (χ2n) is 3.64. The van der Waals surface area contributed by atoms with Gasteiger partial charge < -0.3 is 5.73 Å². The topological polar surface area (TPSA) is 58.8 Å². The lowest BCUT2D eigenvalue weighted by atomic mass is 10.3. The molecule has 0 bridgehead atoms. The van der Waals surface area contributed by atoms with E-state index in [1.54, 1.807) is 6.07 Å². The van der Waals surface area contributed by atoms with Crippen LogP contribution in [-0.4, -0.2) is 9.97 Å². The van der Waals surface area contributed by atoms with Gasteiger partial charge in [-0.25, -0.2) is 0 Å². The molecular formula is C11H11N4+. The average Bonchev–Trinajstić information content (AvgIpc) is 2.58. The monoisotopic (exact) mass is 199 g/mol. The summed E-state index contributed by atoms with van der Waals surface area (Å²) in [5.74, 6) is 0.539. The highest BCUT2D eigenvalue weighted by Gasteiger charge is 2.13. The number of aromatic nitrogens is 3. The summed E-state index contributed by atoms with van der Waals surface area (Å²) in [4.78, 5) is 7.63. The molecule has 3 rings (SSSR count). The Morgan fingerprint density at radius 3 is 3.07 bits per heavy atom. The van der Waals surface area contributed by atoms with E-state index in [0.29, 0.717) is 5.82 Å². The molecule has 0 fully saturated rings. The van der Waals surface area contributed by atoms with Crippen molar-refractivity contribution in [3.05, 3.63) is 36.0 Å². The molecule has 3 aromatic heterocycles. The van der Waals surface area contributed by atoms with E-state index < -0.39 is 0 Å². The van der Waals surface area contributed by atoms with E-state index in [1.165, 1.54) is 5.56 Å². The van der Waals surface area contributed by atoms with Crippen molar-refractivity contribution in [2.24, 2.45) is 0 Å². The number of rotatable bonds is 0. The number of aromatic amines is 1. The maximum atomic E-state index is 5.67. The average molecular weight is 199 g/mol. The zero-order chi connectivity index (χ0) is 10.4. The first-order valence-electron chi connectivity index (χ1n) is 4.81. The molecule has 3 N–H and O–H groups in total. The second kappa shape index (κ2) is 2.70. The lowest BCUT2D eigenvalue weighted by Crippen LogP contribution is -2.20. The maximum Gasteiger partial charge on any atom is 0.308 e. The molecule has 0 aliphatic rings. The lowest BCUT2D eigenvalue weighted by molar-refractivity contribution is -0.483. The Bertz CT molecular complexity index is 654. The molecule has 74 valence electrons. The summed E-state index contributed by atoms with van der Waals surface area (Å²) in [6.07, 6.45) is 1.98. The number of fused-ring (bicyclic) bond motifs is 3.